The molecule has 0 saturated carbocycles. The largest absolute Gasteiger partial charge is 0.310 e. The molecule has 0 aliphatic heterocycles. The van der Waals surface area contributed by atoms with Gasteiger partial charge in [0, 0.05) is 16.9 Å². The molecular weight excluding hydrogens is 783 g/mol. The summed E-state index contributed by atoms with van der Waals surface area (Å²) in [5.41, 5.74) is 15.1. The summed E-state index contributed by atoms with van der Waals surface area (Å²) in [5.74, 6) is 0. The predicted octanol–water partition coefficient (Wildman–Crippen LogP) is 18.1. The van der Waals surface area contributed by atoms with Gasteiger partial charge in [-0.05, 0) is 136 Å². The third kappa shape index (κ3) is 7.01. The van der Waals surface area contributed by atoms with Crippen LogP contribution in [-0.2, 0) is 0 Å². The predicted molar refractivity (Wildman–Crippen MR) is 278 cm³/mol. The molecule has 0 unspecified atom stereocenters. The molecule has 0 amide bonds. The van der Waals surface area contributed by atoms with Crippen LogP contribution in [-0.4, -0.2) is 0 Å². The lowest BCUT2D eigenvalue weighted by Gasteiger charge is -2.29. The molecule has 1 heteroatoms. The number of fused-ring (bicyclic) bond motifs is 6. The van der Waals surface area contributed by atoms with Crippen molar-refractivity contribution >= 4 is 60.2 Å². The number of hydrogen-bond acceptors (Lipinski definition) is 1. The Kier molecular flexibility index (Phi) is 9.58. The monoisotopic (exact) mass is 825 g/mol. The van der Waals surface area contributed by atoms with Gasteiger partial charge in [-0.1, -0.05) is 218 Å². The third-order valence-corrected chi connectivity index (χ3v) is 13.1. The first-order chi connectivity index (χ1) is 32.2. The van der Waals surface area contributed by atoms with Crippen LogP contribution < -0.4 is 4.90 Å². The molecule has 0 N–H and O–H groups in total. The van der Waals surface area contributed by atoms with Crippen molar-refractivity contribution in [3.05, 3.63) is 261 Å². The molecule has 0 aliphatic carbocycles. The van der Waals surface area contributed by atoms with Crippen molar-refractivity contribution in [2.45, 2.75) is 0 Å². The van der Waals surface area contributed by atoms with Gasteiger partial charge >= 0.3 is 0 Å². The van der Waals surface area contributed by atoms with Crippen LogP contribution in [0.3, 0.4) is 0 Å². The first-order valence-corrected chi connectivity index (χ1v) is 22.4. The SMILES string of the molecule is c1ccc(-c2ccc(-c3ccccc3N(c3ccc(-c4ccccc4)cc3)c3ccc(-c4cc5ccccc5c5ccccc45)c(-c4ccc5ccc6ccccc6c5c4)c3)cc2)cc1. The fourth-order valence-electron chi connectivity index (χ4n) is 9.84. The fraction of sp³-hybridized carbons (Fsp3) is 0. The first kappa shape index (κ1) is 38.2. The van der Waals surface area contributed by atoms with E-state index in [1.807, 2.05) is 0 Å². The molecule has 0 aliphatic rings. The van der Waals surface area contributed by atoms with Gasteiger partial charge in [0.15, 0.2) is 0 Å². The van der Waals surface area contributed by atoms with Crippen LogP contribution in [0.15, 0.2) is 261 Å². The Morgan fingerprint density at radius 3 is 1.38 bits per heavy atom. The van der Waals surface area contributed by atoms with E-state index in [1.54, 1.807) is 0 Å². The lowest BCUT2D eigenvalue weighted by atomic mass is 9.87. The van der Waals surface area contributed by atoms with E-state index in [0.29, 0.717) is 0 Å². The number of benzene rings is 12. The van der Waals surface area contributed by atoms with Gasteiger partial charge in [0.2, 0.25) is 0 Å². The van der Waals surface area contributed by atoms with E-state index in [2.05, 4.69) is 266 Å². The Morgan fingerprint density at radius 1 is 0.200 bits per heavy atom. The van der Waals surface area contributed by atoms with Gasteiger partial charge in [-0.3, -0.25) is 0 Å². The maximum absolute atomic E-state index is 2.44. The molecule has 0 radical (unpaired) electrons. The Morgan fingerprint density at radius 2 is 0.677 bits per heavy atom. The Bertz CT molecular complexity index is 3680. The molecule has 0 aromatic heterocycles. The Labute approximate surface area is 379 Å². The van der Waals surface area contributed by atoms with Crippen LogP contribution in [0.1, 0.15) is 0 Å². The zero-order valence-corrected chi connectivity index (χ0v) is 35.8. The Balaban J connectivity index is 1.10. The molecule has 304 valence electrons. The van der Waals surface area contributed by atoms with Crippen LogP contribution in [0, 0.1) is 0 Å². The highest BCUT2D eigenvalue weighted by Crippen LogP contribution is 2.47. The van der Waals surface area contributed by atoms with Crippen molar-refractivity contribution in [1.82, 2.24) is 0 Å². The van der Waals surface area contributed by atoms with E-state index in [1.165, 1.54) is 87.6 Å². The summed E-state index contributed by atoms with van der Waals surface area (Å²) in [4.78, 5) is 2.44. The zero-order valence-electron chi connectivity index (χ0n) is 35.8. The second kappa shape index (κ2) is 16.3. The van der Waals surface area contributed by atoms with Gasteiger partial charge in [-0.2, -0.15) is 0 Å². The van der Waals surface area contributed by atoms with Crippen molar-refractivity contribution in [2.24, 2.45) is 0 Å². The van der Waals surface area contributed by atoms with Crippen molar-refractivity contribution in [1.29, 1.82) is 0 Å². The van der Waals surface area contributed by atoms with Gasteiger partial charge in [-0.25, -0.2) is 0 Å². The van der Waals surface area contributed by atoms with E-state index in [0.717, 1.165) is 28.2 Å². The number of rotatable bonds is 8. The maximum atomic E-state index is 2.44. The van der Waals surface area contributed by atoms with E-state index < -0.39 is 0 Å². The molecule has 0 bridgehead atoms. The van der Waals surface area contributed by atoms with E-state index in [-0.39, 0.29) is 0 Å². The average Bonchev–Trinajstić information content (AvgIpc) is 3.39. The minimum absolute atomic E-state index is 1.08. The van der Waals surface area contributed by atoms with Crippen molar-refractivity contribution in [2.75, 3.05) is 4.90 Å². The molecule has 0 fully saturated rings. The molecule has 0 heterocycles. The Hall–Kier alpha value is -8.52. The summed E-state index contributed by atoms with van der Waals surface area (Å²) in [6.45, 7) is 0. The minimum atomic E-state index is 1.08. The van der Waals surface area contributed by atoms with Crippen LogP contribution in [0.4, 0.5) is 17.1 Å². The standard InChI is InChI=1S/C64H43N/c1-3-15-44(16-4-1)46-27-29-49(30-28-46)57-23-13-14-26-64(57)65(53-37-35-47(36-38-53)45-17-5-2-6-18-45)54-39-40-60(63-42-51-20-8-10-22-56(51)58-24-11-12-25-59(58)63)62(43-54)52-34-33-50-32-31-48-19-7-9-21-55(48)61(50)41-52/h1-43H. The third-order valence-electron chi connectivity index (χ3n) is 13.1. The molecule has 0 atom stereocenters. The van der Waals surface area contributed by atoms with Crippen LogP contribution in [0.2, 0.25) is 0 Å². The topological polar surface area (TPSA) is 3.24 Å². The minimum Gasteiger partial charge on any atom is -0.310 e. The quantitative estimate of drug-likeness (QED) is 0.138. The van der Waals surface area contributed by atoms with Gasteiger partial charge in [0.1, 0.15) is 0 Å². The van der Waals surface area contributed by atoms with Gasteiger partial charge in [0.25, 0.3) is 0 Å². The van der Waals surface area contributed by atoms with Gasteiger partial charge < -0.3 is 4.90 Å². The summed E-state index contributed by atoms with van der Waals surface area (Å²) >= 11 is 0. The number of nitrogens with zero attached hydrogens (tertiary/aromatic N) is 1. The van der Waals surface area contributed by atoms with E-state index >= 15 is 0 Å². The lowest BCUT2D eigenvalue weighted by Crippen LogP contribution is -2.11. The molecule has 12 aromatic carbocycles. The summed E-state index contributed by atoms with van der Waals surface area (Å²) < 4.78 is 0. The van der Waals surface area contributed by atoms with Crippen molar-refractivity contribution < 1.29 is 0 Å². The highest BCUT2D eigenvalue weighted by atomic mass is 15.1. The summed E-state index contributed by atoms with van der Waals surface area (Å²) in [7, 11) is 0. The first-order valence-electron chi connectivity index (χ1n) is 22.4. The fourth-order valence-corrected chi connectivity index (χ4v) is 9.84. The molecule has 0 saturated heterocycles. The molecule has 65 heavy (non-hydrogen) atoms. The van der Waals surface area contributed by atoms with Crippen molar-refractivity contribution in [3.8, 4) is 55.6 Å². The van der Waals surface area contributed by atoms with Crippen LogP contribution >= 0.6 is 0 Å². The highest BCUT2D eigenvalue weighted by molar-refractivity contribution is 6.15. The number of hydrogen-bond donors (Lipinski definition) is 0. The maximum Gasteiger partial charge on any atom is 0.0540 e. The van der Waals surface area contributed by atoms with Gasteiger partial charge in [0.05, 0.1) is 5.69 Å². The molecule has 12 rings (SSSR count). The second-order valence-electron chi connectivity index (χ2n) is 16.9. The molecular formula is C64H43N. The summed E-state index contributed by atoms with van der Waals surface area (Å²) in [6, 6.07) is 95.5. The lowest BCUT2D eigenvalue weighted by molar-refractivity contribution is 1.28. The average molecular weight is 826 g/mol. The van der Waals surface area contributed by atoms with Gasteiger partial charge in [-0.15, -0.1) is 0 Å². The van der Waals surface area contributed by atoms with E-state index in [4.69, 9.17) is 0 Å². The van der Waals surface area contributed by atoms with Crippen molar-refractivity contribution in [3.63, 3.8) is 0 Å². The number of para-hydroxylation sites is 1. The molecule has 12 aromatic rings. The van der Waals surface area contributed by atoms with Crippen LogP contribution in [0.25, 0.3) is 98.7 Å². The van der Waals surface area contributed by atoms with E-state index in [9.17, 15) is 0 Å². The summed E-state index contributed by atoms with van der Waals surface area (Å²) in [6.07, 6.45) is 0. The van der Waals surface area contributed by atoms with Crippen LogP contribution in [0.5, 0.6) is 0 Å². The summed E-state index contributed by atoms with van der Waals surface area (Å²) in [5, 5.41) is 9.97. The smallest absolute Gasteiger partial charge is 0.0540 e. The zero-order chi connectivity index (χ0) is 43.1. The highest BCUT2D eigenvalue weighted by Gasteiger charge is 2.21. The second-order valence-corrected chi connectivity index (χ2v) is 16.9. The normalized spacial score (nSPS) is 11.4. The molecule has 1 nitrogen and oxygen atoms in total. The molecule has 0 spiro atoms. The number of anilines is 3.